The Bertz CT molecular complexity index is 544. The molecule has 1 aromatic carbocycles. The third-order valence-electron chi connectivity index (χ3n) is 3.02. The van der Waals surface area contributed by atoms with E-state index in [0.717, 1.165) is 12.8 Å². The quantitative estimate of drug-likeness (QED) is 0.867. The first-order chi connectivity index (χ1) is 8.38. The van der Waals surface area contributed by atoms with Gasteiger partial charge in [-0.1, -0.05) is 11.6 Å². The first-order valence-corrected chi connectivity index (χ1v) is 7.85. The molecule has 2 N–H and O–H groups in total. The van der Waals surface area contributed by atoms with Gasteiger partial charge < -0.3 is 10.5 Å². The monoisotopic (exact) mass is 289 g/mol. The van der Waals surface area contributed by atoms with E-state index in [1.165, 1.54) is 18.2 Å². The lowest BCUT2D eigenvalue weighted by Crippen LogP contribution is -2.21. The van der Waals surface area contributed by atoms with E-state index in [-0.39, 0.29) is 27.9 Å². The van der Waals surface area contributed by atoms with Crippen molar-refractivity contribution in [2.75, 3.05) is 11.5 Å². The van der Waals surface area contributed by atoms with Gasteiger partial charge in [-0.15, -0.1) is 0 Å². The number of anilines is 1. The number of rotatable bonds is 3. The van der Waals surface area contributed by atoms with Gasteiger partial charge in [0.25, 0.3) is 0 Å². The van der Waals surface area contributed by atoms with Crippen LogP contribution in [-0.4, -0.2) is 26.4 Å². The Balaban J connectivity index is 2.20. The summed E-state index contributed by atoms with van der Waals surface area (Å²) >= 11 is 5.93. The molecule has 1 fully saturated rings. The number of ether oxygens (including phenoxy) is 1. The summed E-state index contributed by atoms with van der Waals surface area (Å²) in [4.78, 5) is 0.126. The van der Waals surface area contributed by atoms with Crippen molar-refractivity contribution in [2.24, 2.45) is 0 Å². The van der Waals surface area contributed by atoms with E-state index in [1.807, 2.05) is 6.92 Å². The summed E-state index contributed by atoms with van der Waals surface area (Å²) in [5.41, 5.74) is 6.00. The second kappa shape index (κ2) is 5.07. The topological polar surface area (TPSA) is 69.4 Å². The van der Waals surface area contributed by atoms with Crippen molar-refractivity contribution in [3.63, 3.8) is 0 Å². The molecule has 1 saturated heterocycles. The van der Waals surface area contributed by atoms with E-state index in [0.29, 0.717) is 5.69 Å². The Labute approximate surface area is 112 Å². The van der Waals surface area contributed by atoms with Crippen LogP contribution in [0.2, 0.25) is 5.02 Å². The first kappa shape index (κ1) is 13.6. The van der Waals surface area contributed by atoms with Gasteiger partial charge in [-0.3, -0.25) is 0 Å². The summed E-state index contributed by atoms with van der Waals surface area (Å²) < 4.78 is 30.0. The number of nitrogens with two attached hydrogens (primary N) is 1. The molecule has 18 heavy (non-hydrogen) atoms. The SMILES string of the molecule is CC1CCC(CS(=O)(=O)c2ccc(N)cc2Cl)O1. The van der Waals surface area contributed by atoms with Crippen LogP contribution in [0.3, 0.4) is 0 Å². The highest BCUT2D eigenvalue weighted by Gasteiger charge is 2.29. The van der Waals surface area contributed by atoms with Gasteiger partial charge >= 0.3 is 0 Å². The van der Waals surface area contributed by atoms with Gasteiger partial charge in [-0.05, 0) is 38.0 Å². The molecule has 100 valence electrons. The predicted molar refractivity (Wildman–Crippen MR) is 71.5 cm³/mol. The lowest BCUT2D eigenvalue weighted by atomic mass is 10.2. The normalized spacial score (nSPS) is 24.3. The van der Waals surface area contributed by atoms with Crippen molar-refractivity contribution in [3.8, 4) is 0 Å². The van der Waals surface area contributed by atoms with Crippen molar-refractivity contribution in [1.29, 1.82) is 0 Å². The fourth-order valence-corrected chi connectivity index (χ4v) is 4.20. The number of sulfone groups is 1. The number of nitrogen functional groups attached to an aromatic ring is 1. The Kier molecular flexibility index (Phi) is 3.84. The van der Waals surface area contributed by atoms with Crippen LogP contribution in [-0.2, 0) is 14.6 Å². The van der Waals surface area contributed by atoms with Crippen LogP contribution < -0.4 is 5.73 Å². The molecule has 1 aliphatic heterocycles. The summed E-state index contributed by atoms with van der Waals surface area (Å²) in [6.07, 6.45) is 1.56. The second-order valence-corrected chi connectivity index (χ2v) is 7.03. The largest absolute Gasteiger partial charge is 0.399 e. The van der Waals surface area contributed by atoms with E-state index in [9.17, 15) is 8.42 Å². The fraction of sp³-hybridized carbons (Fsp3) is 0.500. The molecule has 0 amide bonds. The molecule has 0 radical (unpaired) electrons. The van der Waals surface area contributed by atoms with Crippen molar-refractivity contribution in [1.82, 2.24) is 0 Å². The summed E-state index contributed by atoms with van der Waals surface area (Å²) in [5.74, 6) is -0.0268. The van der Waals surface area contributed by atoms with Crippen molar-refractivity contribution in [2.45, 2.75) is 36.9 Å². The number of benzene rings is 1. The molecule has 2 atom stereocenters. The van der Waals surface area contributed by atoms with Gasteiger partial charge in [0.2, 0.25) is 0 Å². The van der Waals surface area contributed by atoms with E-state index in [4.69, 9.17) is 22.1 Å². The van der Waals surface area contributed by atoms with Gasteiger partial charge in [0.1, 0.15) is 0 Å². The molecule has 4 nitrogen and oxygen atoms in total. The second-order valence-electron chi connectivity index (χ2n) is 4.62. The van der Waals surface area contributed by atoms with E-state index >= 15 is 0 Å². The highest BCUT2D eigenvalue weighted by Crippen LogP contribution is 2.28. The minimum Gasteiger partial charge on any atom is -0.399 e. The molecule has 2 unspecified atom stereocenters. The molecule has 0 aliphatic carbocycles. The Morgan fingerprint density at radius 3 is 2.72 bits per heavy atom. The zero-order valence-corrected chi connectivity index (χ0v) is 11.7. The average Bonchev–Trinajstić information content (AvgIpc) is 2.62. The molecule has 0 aromatic heterocycles. The van der Waals surface area contributed by atoms with Crippen LogP contribution in [0.15, 0.2) is 23.1 Å². The summed E-state index contributed by atoms with van der Waals surface area (Å²) in [6, 6.07) is 4.44. The summed E-state index contributed by atoms with van der Waals surface area (Å²) in [5, 5.41) is 0.168. The van der Waals surface area contributed by atoms with Gasteiger partial charge in [-0.25, -0.2) is 8.42 Å². The first-order valence-electron chi connectivity index (χ1n) is 5.82. The molecule has 1 aliphatic rings. The maximum atomic E-state index is 12.2. The van der Waals surface area contributed by atoms with Crippen molar-refractivity contribution >= 4 is 27.1 Å². The van der Waals surface area contributed by atoms with Crippen LogP contribution in [0, 0.1) is 0 Å². The Morgan fingerprint density at radius 1 is 1.44 bits per heavy atom. The summed E-state index contributed by atoms with van der Waals surface area (Å²) in [6.45, 7) is 1.95. The molecule has 2 rings (SSSR count). The number of hydrogen-bond acceptors (Lipinski definition) is 4. The lowest BCUT2D eigenvalue weighted by Gasteiger charge is -2.12. The molecule has 6 heteroatoms. The third kappa shape index (κ3) is 2.96. The van der Waals surface area contributed by atoms with Crippen molar-refractivity contribution in [3.05, 3.63) is 23.2 Å². The number of hydrogen-bond donors (Lipinski definition) is 1. The van der Waals surface area contributed by atoms with Gasteiger partial charge in [0.15, 0.2) is 9.84 Å². The standard InChI is InChI=1S/C12H16ClNO3S/c1-8-2-4-10(17-8)7-18(15,16)12-5-3-9(14)6-11(12)13/h3,5-6,8,10H,2,4,7,14H2,1H3. The van der Waals surface area contributed by atoms with Crippen LogP contribution in [0.5, 0.6) is 0 Å². The van der Waals surface area contributed by atoms with Gasteiger partial charge in [0.05, 0.1) is 27.9 Å². The molecule has 1 heterocycles. The maximum absolute atomic E-state index is 12.2. The molecule has 0 bridgehead atoms. The zero-order chi connectivity index (χ0) is 13.3. The van der Waals surface area contributed by atoms with Gasteiger partial charge in [-0.2, -0.15) is 0 Å². The average molecular weight is 290 g/mol. The number of halogens is 1. The molecule has 1 aromatic rings. The Hall–Kier alpha value is -0.780. The van der Waals surface area contributed by atoms with Crippen LogP contribution in [0.1, 0.15) is 19.8 Å². The minimum absolute atomic E-state index is 0.0268. The van der Waals surface area contributed by atoms with Crippen LogP contribution >= 0.6 is 11.6 Å². The summed E-state index contributed by atoms with van der Waals surface area (Å²) in [7, 11) is -3.43. The van der Waals surface area contributed by atoms with E-state index in [1.54, 1.807) is 0 Å². The third-order valence-corrected chi connectivity index (χ3v) is 5.28. The van der Waals surface area contributed by atoms with E-state index < -0.39 is 9.84 Å². The molecular formula is C12H16ClNO3S. The van der Waals surface area contributed by atoms with E-state index in [2.05, 4.69) is 0 Å². The zero-order valence-electron chi connectivity index (χ0n) is 10.1. The fourth-order valence-electron chi connectivity index (χ4n) is 2.11. The molecule has 0 spiro atoms. The van der Waals surface area contributed by atoms with Crippen LogP contribution in [0.4, 0.5) is 5.69 Å². The minimum atomic E-state index is -3.43. The molecule has 0 saturated carbocycles. The lowest BCUT2D eigenvalue weighted by molar-refractivity contribution is 0.0690. The predicted octanol–water partition coefficient (Wildman–Crippen LogP) is 2.26. The van der Waals surface area contributed by atoms with Gasteiger partial charge in [0, 0.05) is 5.69 Å². The van der Waals surface area contributed by atoms with Crippen LogP contribution in [0.25, 0.3) is 0 Å². The van der Waals surface area contributed by atoms with Crippen molar-refractivity contribution < 1.29 is 13.2 Å². The highest BCUT2D eigenvalue weighted by atomic mass is 35.5. The molecular weight excluding hydrogens is 274 g/mol. The Morgan fingerprint density at radius 2 is 2.17 bits per heavy atom. The highest BCUT2D eigenvalue weighted by molar-refractivity contribution is 7.91. The smallest absolute Gasteiger partial charge is 0.182 e. The maximum Gasteiger partial charge on any atom is 0.182 e.